The average Bonchev–Trinajstić information content (AvgIpc) is 2.39. The van der Waals surface area contributed by atoms with Gasteiger partial charge in [0.15, 0.2) is 6.29 Å². The van der Waals surface area contributed by atoms with Gasteiger partial charge in [0.1, 0.15) is 6.10 Å². The van der Waals surface area contributed by atoms with Gasteiger partial charge in [-0.15, -0.1) is 0 Å². The summed E-state index contributed by atoms with van der Waals surface area (Å²) in [5.41, 5.74) is 0. The van der Waals surface area contributed by atoms with Crippen molar-refractivity contribution < 1.29 is 29.5 Å². The maximum atomic E-state index is 10.2. The Kier molecular flexibility index (Phi) is 7.06. The van der Waals surface area contributed by atoms with Crippen molar-refractivity contribution in [2.24, 2.45) is 5.92 Å². The molecule has 0 aliphatic carbocycles. The molecule has 1 aliphatic rings. The summed E-state index contributed by atoms with van der Waals surface area (Å²) in [4.78, 5) is 0. The Hall–Kier alpha value is -0.240. The predicted octanol–water partition coefficient (Wildman–Crippen LogP) is -0.495. The van der Waals surface area contributed by atoms with Crippen LogP contribution in [0.1, 0.15) is 19.8 Å². The summed E-state index contributed by atoms with van der Waals surface area (Å²) in [5.74, 6) is -0.105. The monoisotopic (exact) mass is 264 g/mol. The molecule has 1 fully saturated rings. The van der Waals surface area contributed by atoms with Crippen LogP contribution in [0.2, 0.25) is 0 Å². The molecule has 1 heterocycles. The molecule has 0 spiro atoms. The molecule has 0 saturated carbocycles. The van der Waals surface area contributed by atoms with E-state index in [0.29, 0.717) is 12.8 Å². The molecule has 0 amide bonds. The first-order valence-corrected chi connectivity index (χ1v) is 6.35. The van der Waals surface area contributed by atoms with E-state index >= 15 is 0 Å². The lowest BCUT2D eigenvalue weighted by molar-refractivity contribution is -0.288. The van der Waals surface area contributed by atoms with Crippen LogP contribution >= 0.6 is 0 Å². The lowest BCUT2D eigenvalue weighted by Gasteiger charge is -2.42. The van der Waals surface area contributed by atoms with Crippen molar-refractivity contribution in [1.82, 2.24) is 0 Å². The lowest BCUT2D eigenvalue weighted by Crippen LogP contribution is -2.55. The van der Waals surface area contributed by atoms with Crippen molar-refractivity contribution >= 4 is 0 Å². The Labute approximate surface area is 107 Å². The molecule has 108 valence electrons. The number of aliphatic hydroxyl groups excluding tert-OH is 3. The van der Waals surface area contributed by atoms with Gasteiger partial charge < -0.3 is 29.5 Å². The Bertz CT molecular complexity index is 223. The van der Waals surface area contributed by atoms with Crippen LogP contribution < -0.4 is 0 Å². The van der Waals surface area contributed by atoms with Crippen LogP contribution in [0.3, 0.4) is 0 Å². The average molecular weight is 264 g/mol. The van der Waals surface area contributed by atoms with Gasteiger partial charge in [0, 0.05) is 19.6 Å². The van der Waals surface area contributed by atoms with E-state index in [1.807, 2.05) is 6.92 Å². The largest absolute Gasteiger partial charge is 0.396 e. The van der Waals surface area contributed by atoms with Gasteiger partial charge in [0.2, 0.25) is 0 Å². The van der Waals surface area contributed by atoms with E-state index in [1.165, 1.54) is 7.11 Å². The number of ether oxygens (including phenoxy) is 3. The Morgan fingerprint density at radius 2 is 1.94 bits per heavy atom. The van der Waals surface area contributed by atoms with E-state index in [1.54, 1.807) is 0 Å². The van der Waals surface area contributed by atoms with Crippen LogP contribution in [0.15, 0.2) is 0 Å². The Morgan fingerprint density at radius 3 is 2.50 bits per heavy atom. The minimum atomic E-state index is -0.709. The predicted molar refractivity (Wildman–Crippen MR) is 64.0 cm³/mol. The molecule has 0 radical (unpaired) electrons. The summed E-state index contributed by atoms with van der Waals surface area (Å²) in [7, 11) is 1.49. The molecule has 5 unspecified atom stereocenters. The first-order chi connectivity index (χ1) is 8.65. The maximum absolute atomic E-state index is 10.2. The lowest BCUT2D eigenvalue weighted by atomic mass is 9.88. The van der Waals surface area contributed by atoms with Gasteiger partial charge in [-0.25, -0.2) is 0 Å². The Morgan fingerprint density at radius 1 is 1.22 bits per heavy atom. The fourth-order valence-corrected chi connectivity index (χ4v) is 2.23. The summed E-state index contributed by atoms with van der Waals surface area (Å²) in [6.07, 6.45) is -0.819. The second-order valence-electron chi connectivity index (χ2n) is 4.55. The SMILES string of the molecule is COC1OC(CCCO)C(C)C(O)C1OCCO. The molecule has 6 nitrogen and oxygen atoms in total. The summed E-state index contributed by atoms with van der Waals surface area (Å²) < 4.78 is 16.3. The van der Waals surface area contributed by atoms with Crippen LogP contribution in [0.4, 0.5) is 0 Å². The van der Waals surface area contributed by atoms with Crippen molar-refractivity contribution in [2.45, 2.75) is 44.4 Å². The summed E-state index contributed by atoms with van der Waals surface area (Å²) in [6.45, 7) is 2.01. The third-order valence-corrected chi connectivity index (χ3v) is 3.32. The smallest absolute Gasteiger partial charge is 0.186 e. The molecule has 0 aromatic carbocycles. The van der Waals surface area contributed by atoms with E-state index in [9.17, 15) is 5.11 Å². The topological polar surface area (TPSA) is 88.4 Å². The highest BCUT2D eigenvalue weighted by Crippen LogP contribution is 2.30. The molecule has 0 aromatic heterocycles. The van der Waals surface area contributed by atoms with Gasteiger partial charge in [-0.05, 0) is 12.8 Å². The normalized spacial score (nSPS) is 36.8. The second kappa shape index (κ2) is 8.04. The maximum Gasteiger partial charge on any atom is 0.186 e. The molecule has 1 aliphatic heterocycles. The molecule has 5 atom stereocenters. The number of hydrogen-bond acceptors (Lipinski definition) is 6. The van der Waals surface area contributed by atoms with E-state index in [0.717, 1.165) is 0 Å². The zero-order valence-electron chi connectivity index (χ0n) is 11.0. The molecular weight excluding hydrogens is 240 g/mol. The van der Waals surface area contributed by atoms with Crippen molar-refractivity contribution in [3.63, 3.8) is 0 Å². The zero-order chi connectivity index (χ0) is 13.5. The standard InChI is InChI=1S/C12H24O6/c1-8-9(4-3-5-13)18-12(16-2)11(10(8)15)17-7-6-14/h8-15H,3-7H2,1-2H3. The van der Waals surface area contributed by atoms with Crippen LogP contribution in [-0.2, 0) is 14.2 Å². The van der Waals surface area contributed by atoms with Crippen LogP contribution in [-0.4, -0.2) is 66.9 Å². The summed E-state index contributed by atoms with van der Waals surface area (Å²) in [6, 6.07) is 0. The fourth-order valence-electron chi connectivity index (χ4n) is 2.23. The van der Waals surface area contributed by atoms with Crippen molar-refractivity contribution in [3.05, 3.63) is 0 Å². The van der Waals surface area contributed by atoms with Gasteiger partial charge in [-0.3, -0.25) is 0 Å². The molecule has 0 aromatic rings. The minimum Gasteiger partial charge on any atom is -0.396 e. The fraction of sp³-hybridized carbons (Fsp3) is 1.00. The summed E-state index contributed by atoms with van der Waals surface area (Å²) in [5, 5.41) is 27.8. The highest BCUT2D eigenvalue weighted by atomic mass is 16.7. The van der Waals surface area contributed by atoms with Gasteiger partial charge >= 0.3 is 0 Å². The first-order valence-electron chi connectivity index (χ1n) is 6.35. The van der Waals surface area contributed by atoms with Crippen LogP contribution in [0.25, 0.3) is 0 Å². The molecule has 0 bridgehead atoms. The van der Waals surface area contributed by atoms with Crippen molar-refractivity contribution in [3.8, 4) is 0 Å². The molecular formula is C12H24O6. The molecule has 18 heavy (non-hydrogen) atoms. The van der Waals surface area contributed by atoms with Crippen molar-refractivity contribution in [1.29, 1.82) is 0 Å². The zero-order valence-corrected chi connectivity index (χ0v) is 11.0. The number of aliphatic hydroxyl groups is 3. The number of rotatable bonds is 7. The third-order valence-electron chi connectivity index (χ3n) is 3.32. The highest BCUT2D eigenvalue weighted by Gasteiger charge is 2.43. The van der Waals surface area contributed by atoms with E-state index < -0.39 is 18.5 Å². The van der Waals surface area contributed by atoms with Crippen molar-refractivity contribution in [2.75, 3.05) is 26.9 Å². The number of hydrogen-bond donors (Lipinski definition) is 3. The van der Waals surface area contributed by atoms with E-state index in [2.05, 4.69) is 0 Å². The quantitative estimate of drug-likeness (QED) is 0.575. The van der Waals surface area contributed by atoms with Gasteiger partial charge in [-0.2, -0.15) is 0 Å². The minimum absolute atomic E-state index is 0.102. The van der Waals surface area contributed by atoms with E-state index in [4.69, 9.17) is 24.4 Å². The second-order valence-corrected chi connectivity index (χ2v) is 4.55. The highest BCUT2D eigenvalue weighted by molar-refractivity contribution is 4.87. The summed E-state index contributed by atoms with van der Waals surface area (Å²) >= 11 is 0. The molecule has 1 saturated heterocycles. The van der Waals surface area contributed by atoms with Gasteiger partial charge in [0.05, 0.1) is 25.4 Å². The van der Waals surface area contributed by atoms with Crippen LogP contribution in [0.5, 0.6) is 0 Å². The molecule has 1 rings (SSSR count). The molecule has 3 N–H and O–H groups in total. The van der Waals surface area contributed by atoms with Gasteiger partial charge in [0.25, 0.3) is 0 Å². The third kappa shape index (κ3) is 3.88. The number of methoxy groups -OCH3 is 1. The van der Waals surface area contributed by atoms with Gasteiger partial charge in [-0.1, -0.05) is 6.92 Å². The Balaban J connectivity index is 2.62. The first kappa shape index (κ1) is 15.8. The van der Waals surface area contributed by atoms with E-state index in [-0.39, 0.29) is 31.8 Å². The molecule has 6 heteroatoms. The van der Waals surface area contributed by atoms with Crippen LogP contribution in [0, 0.1) is 5.92 Å².